The highest BCUT2D eigenvalue weighted by Crippen LogP contribution is 2.24. The molecule has 1 aromatic carbocycles. The minimum absolute atomic E-state index is 0.0340. The third-order valence-corrected chi connectivity index (χ3v) is 5.36. The first kappa shape index (κ1) is 24.1. The van der Waals surface area contributed by atoms with Crippen LogP contribution in [-0.4, -0.2) is 43.8 Å². The van der Waals surface area contributed by atoms with Gasteiger partial charge < -0.3 is 20.5 Å². The molecular weight excluding hydrogens is 453 g/mol. The number of fused-ring (bicyclic) bond motifs is 1. The van der Waals surface area contributed by atoms with Crippen LogP contribution in [0, 0.1) is 10.7 Å². The number of hydrogen-bond donors (Lipinski definition) is 2. The number of hydrogen-bond acceptors (Lipinski definition) is 7. The molecule has 12 heteroatoms. The van der Waals surface area contributed by atoms with Gasteiger partial charge in [0.25, 0.3) is 0 Å². The summed E-state index contributed by atoms with van der Waals surface area (Å²) in [6, 6.07) is 4.23. The Morgan fingerprint density at radius 1 is 1.30 bits per heavy atom. The maximum Gasteiger partial charge on any atom is 0.243 e. The topological polar surface area (TPSA) is 136 Å². The first-order valence-corrected chi connectivity index (χ1v) is 10.5. The average Bonchev–Trinajstić information content (AvgIpc) is 3.11. The number of anilines is 1. The van der Waals surface area contributed by atoms with Crippen LogP contribution >= 0.6 is 11.6 Å². The van der Waals surface area contributed by atoms with E-state index in [1.165, 1.54) is 23.4 Å². The molecule has 3 rings (SSSR count). The molecule has 3 N–H and O–H groups in total. The molecule has 0 saturated carbocycles. The fourth-order valence-electron chi connectivity index (χ4n) is 3.42. The molecule has 0 atom stereocenters. The van der Waals surface area contributed by atoms with E-state index in [0.717, 1.165) is 0 Å². The number of amides is 2. The van der Waals surface area contributed by atoms with E-state index >= 15 is 0 Å². The summed E-state index contributed by atoms with van der Waals surface area (Å²) in [6.45, 7) is 2.98. The van der Waals surface area contributed by atoms with Crippen LogP contribution in [0.1, 0.15) is 25.0 Å². The van der Waals surface area contributed by atoms with Crippen LogP contribution < -0.4 is 11.1 Å². The number of aromatic nitrogens is 3. The fourth-order valence-corrected chi connectivity index (χ4v) is 3.62. The number of carbonyl (C=O) groups is 2. The van der Waals surface area contributed by atoms with Gasteiger partial charge in [-0.05, 0) is 19.9 Å². The highest BCUT2D eigenvalue weighted by Gasteiger charge is 2.23. The van der Waals surface area contributed by atoms with Crippen molar-refractivity contribution in [2.75, 3.05) is 12.3 Å². The van der Waals surface area contributed by atoms with Crippen molar-refractivity contribution >= 4 is 40.3 Å². The molecule has 0 aliphatic carbocycles. The zero-order valence-corrected chi connectivity index (χ0v) is 18.8. The van der Waals surface area contributed by atoms with E-state index in [9.17, 15) is 18.9 Å². The molecule has 0 bridgehead atoms. The van der Waals surface area contributed by atoms with E-state index in [-0.39, 0.29) is 54.5 Å². The van der Waals surface area contributed by atoms with E-state index in [0.29, 0.717) is 16.6 Å². The van der Waals surface area contributed by atoms with Crippen molar-refractivity contribution in [3.8, 4) is 0 Å². The molecule has 0 spiro atoms. The van der Waals surface area contributed by atoms with Gasteiger partial charge in [0.1, 0.15) is 36.7 Å². The second-order valence-electron chi connectivity index (χ2n) is 7.63. The molecule has 0 aliphatic heterocycles. The summed E-state index contributed by atoms with van der Waals surface area (Å²) in [7, 11) is 0. The van der Waals surface area contributed by atoms with Crippen LogP contribution in [0.4, 0.5) is 10.2 Å². The zero-order valence-electron chi connectivity index (χ0n) is 18.1. The summed E-state index contributed by atoms with van der Waals surface area (Å²) in [6.07, 6.45) is 2.84. The Bertz CT molecular complexity index is 1200. The lowest BCUT2D eigenvalue weighted by Crippen LogP contribution is -2.45. The number of nitrogens with two attached hydrogens (primary N) is 1. The van der Waals surface area contributed by atoms with Crippen LogP contribution in [0.3, 0.4) is 0 Å². The maximum absolute atomic E-state index is 14.0. The molecule has 2 amide bonds. The van der Waals surface area contributed by atoms with E-state index in [1.54, 1.807) is 30.7 Å². The fraction of sp³-hybridized carbons (Fsp3) is 0.333. The monoisotopic (exact) mass is 475 g/mol. The van der Waals surface area contributed by atoms with Gasteiger partial charge in [-0.25, -0.2) is 14.4 Å². The summed E-state index contributed by atoms with van der Waals surface area (Å²) in [5.41, 5.74) is 7.05. The minimum Gasteiger partial charge on any atom is -0.383 e. The first-order valence-electron chi connectivity index (χ1n) is 10.1. The number of halogens is 2. The number of nitroso groups, excluding NO2 is 1. The second kappa shape index (κ2) is 10.3. The van der Waals surface area contributed by atoms with Crippen LogP contribution in [0.2, 0.25) is 5.02 Å². The van der Waals surface area contributed by atoms with Gasteiger partial charge in [0, 0.05) is 29.9 Å². The number of benzene rings is 1. The Kier molecular flexibility index (Phi) is 7.54. The summed E-state index contributed by atoms with van der Waals surface area (Å²) < 4.78 is 15.6. The van der Waals surface area contributed by atoms with Gasteiger partial charge in [0.05, 0.1) is 17.0 Å². The van der Waals surface area contributed by atoms with Crippen LogP contribution in [0.25, 0.3) is 11.0 Å². The van der Waals surface area contributed by atoms with Gasteiger partial charge in [-0.1, -0.05) is 28.9 Å². The Hall–Kier alpha value is -3.60. The van der Waals surface area contributed by atoms with Crippen LogP contribution in [-0.2, 0) is 29.2 Å². The molecule has 2 heterocycles. The van der Waals surface area contributed by atoms with Crippen molar-refractivity contribution in [3.05, 3.63) is 57.6 Å². The lowest BCUT2D eigenvalue weighted by atomic mass is 10.2. The summed E-state index contributed by atoms with van der Waals surface area (Å²) >= 11 is 5.76. The summed E-state index contributed by atoms with van der Waals surface area (Å²) in [4.78, 5) is 45.8. The molecule has 33 heavy (non-hydrogen) atoms. The molecule has 2 aromatic heterocycles. The number of rotatable bonds is 9. The first-order chi connectivity index (χ1) is 15.7. The van der Waals surface area contributed by atoms with Gasteiger partial charge in [-0.15, -0.1) is 0 Å². The number of nitrogen functional groups attached to an aromatic ring is 1. The SMILES string of the molecule is CC(C)N(CC(=O)NCc1cccc(Cl)c1F)C(=O)Cn1cc(CN=O)c2c(N)ncnc21. The molecule has 174 valence electrons. The van der Waals surface area contributed by atoms with Crippen molar-refractivity contribution in [1.29, 1.82) is 0 Å². The maximum atomic E-state index is 14.0. The zero-order chi connectivity index (χ0) is 24.1. The molecule has 3 aromatic rings. The lowest BCUT2D eigenvalue weighted by Gasteiger charge is -2.26. The quantitative estimate of drug-likeness (QED) is 0.456. The molecule has 0 saturated heterocycles. The van der Waals surface area contributed by atoms with Crippen molar-refractivity contribution in [1.82, 2.24) is 24.8 Å². The summed E-state index contributed by atoms with van der Waals surface area (Å²) in [5, 5.41) is 5.92. The Balaban J connectivity index is 1.73. The molecule has 0 radical (unpaired) electrons. The normalized spacial score (nSPS) is 11.1. The van der Waals surface area contributed by atoms with Crippen LogP contribution in [0.15, 0.2) is 35.9 Å². The van der Waals surface area contributed by atoms with Crippen LogP contribution in [0.5, 0.6) is 0 Å². The molecule has 10 nitrogen and oxygen atoms in total. The largest absolute Gasteiger partial charge is 0.383 e. The Morgan fingerprint density at radius 2 is 2.06 bits per heavy atom. The predicted molar refractivity (Wildman–Crippen MR) is 122 cm³/mol. The third kappa shape index (κ3) is 5.43. The smallest absolute Gasteiger partial charge is 0.243 e. The van der Waals surface area contributed by atoms with Gasteiger partial charge in [0.2, 0.25) is 11.8 Å². The molecule has 0 unspecified atom stereocenters. The van der Waals surface area contributed by atoms with Gasteiger partial charge in [0.15, 0.2) is 0 Å². The van der Waals surface area contributed by atoms with E-state index in [2.05, 4.69) is 20.5 Å². The standard InChI is InChI=1S/C21H23ClFN7O3/c1-12(2)30(9-16(31)25-6-13-4-3-5-15(22)19(13)23)17(32)10-29-8-14(7-28-33)18-20(24)26-11-27-21(18)29/h3-5,8,11-12H,6-7,9-10H2,1-2H3,(H,25,31)(H2,24,26,27). The number of carbonyl (C=O) groups excluding carboxylic acids is 2. The molecular formula is C21H23ClFN7O3. The van der Waals surface area contributed by atoms with Crippen molar-refractivity contribution in [2.24, 2.45) is 5.18 Å². The second-order valence-corrected chi connectivity index (χ2v) is 8.04. The molecule has 0 aliphatic rings. The minimum atomic E-state index is -0.599. The lowest BCUT2D eigenvalue weighted by molar-refractivity contribution is -0.138. The van der Waals surface area contributed by atoms with Gasteiger partial charge in [-0.2, -0.15) is 4.91 Å². The molecule has 0 fully saturated rings. The highest BCUT2D eigenvalue weighted by molar-refractivity contribution is 6.30. The van der Waals surface area contributed by atoms with Crippen molar-refractivity contribution in [2.45, 2.75) is 39.5 Å². The Labute approximate surface area is 193 Å². The Morgan fingerprint density at radius 3 is 2.76 bits per heavy atom. The average molecular weight is 476 g/mol. The predicted octanol–water partition coefficient (Wildman–Crippen LogP) is 2.63. The number of nitrogens with one attached hydrogen (secondary N) is 1. The third-order valence-electron chi connectivity index (χ3n) is 5.07. The van der Waals surface area contributed by atoms with E-state index in [4.69, 9.17) is 17.3 Å². The van der Waals surface area contributed by atoms with E-state index < -0.39 is 11.7 Å². The van der Waals surface area contributed by atoms with Gasteiger partial charge in [-0.3, -0.25) is 9.59 Å². The van der Waals surface area contributed by atoms with Gasteiger partial charge >= 0.3 is 0 Å². The van der Waals surface area contributed by atoms with E-state index in [1.807, 2.05) is 0 Å². The van der Waals surface area contributed by atoms with Crippen molar-refractivity contribution in [3.63, 3.8) is 0 Å². The highest BCUT2D eigenvalue weighted by atomic mass is 35.5. The number of nitrogens with zero attached hydrogens (tertiary/aromatic N) is 5. The summed E-state index contributed by atoms with van der Waals surface area (Å²) in [5.74, 6) is -1.23. The van der Waals surface area contributed by atoms with Crippen molar-refractivity contribution < 1.29 is 14.0 Å².